The van der Waals surface area contributed by atoms with Gasteiger partial charge in [0.05, 0.1) is 12.3 Å². The molecule has 7 heteroatoms. The van der Waals surface area contributed by atoms with Gasteiger partial charge in [0.1, 0.15) is 12.2 Å². The number of hydrogen-bond acceptors (Lipinski definition) is 5. The number of aliphatic hydroxyl groups is 2. The molecule has 0 amide bonds. The van der Waals surface area contributed by atoms with E-state index in [4.69, 9.17) is 4.74 Å². The summed E-state index contributed by atoms with van der Waals surface area (Å²) in [6.07, 6.45) is -1.61. The van der Waals surface area contributed by atoms with Crippen molar-refractivity contribution in [3.63, 3.8) is 0 Å². The van der Waals surface area contributed by atoms with E-state index in [9.17, 15) is 20.3 Å². The molecule has 4 unspecified atom stereocenters. The van der Waals surface area contributed by atoms with Crippen LogP contribution in [0.15, 0.2) is 18.3 Å². The number of nitro groups is 1. The fourth-order valence-corrected chi connectivity index (χ4v) is 2.05. The molecule has 1 aromatic heterocycles. The summed E-state index contributed by atoms with van der Waals surface area (Å²) in [4.78, 5) is 10.2. The average molecular weight is 242 g/mol. The minimum atomic E-state index is -1.16. The monoisotopic (exact) mass is 242 g/mol. The van der Waals surface area contributed by atoms with Crippen LogP contribution in [0, 0.1) is 10.1 Å². The number of nitrogens with zero attached hydrogens (tertiary/aromatic N) is 2. The fourth-order valence-electron chi connectivity index (χ4n) is 2.05. The lowest BCUT2D eigenvalue weighted by atomic mass is 10.1. The van der Waals surface area contributed by atoms with Crippen LogP contribution >= 0.6 is 0 Å². The van der Waals surface area contributed by atoms with Gasteiger partial charge in [-0.2, -0.15) is 0 Å². The predicted octanol–water partition coefficient (Wildman–Crippen LogP) is 0.425. The largest absolute Gasteiger partial charge is 0.387 e. The summed E-state index contributed by atoms with van der Waals surface area (Å²) >= 11 is 0. The zero-order valence-corrected chi connectivity index (χ0v) is 9.26. The predicted molar refractivity (Wildman–Crippen MR) is 57.3 cm³/mol. The van der Waals surface area contributed by atoms with Gasteiger partial charge in [0.2, 0.25) is 6.23 Å². The van der Waals surface area contributed by atoms with Crippen LogP contribution in [-0.4, -0.2) is 38.0 Å². The second kappa shape index (κ2) is 4.44. The molecule has 0 radical (unpaired) electrons. The van der Waals surface area contributed by atoms with E-state index in [0.29, 0.717) is 6.42 Å². The first kappa shape index (κ1) is 12.0. The standard InChI is InChI=1S/C10H14N2O5/c1-2-6-8(13)9(14)10(17-6)11-5-3-4-7(11)12(15)16/h3-6,8-10,13-14H,2H2,1H3. The molecule has 1 aliphatic heterocycles. The van der Waals surface area contributed by atoms with Crippen molar-refractivity contribution in [3.8, 4) is 0 Å². The molecule has 2 heterocycles. The SMILES string of the molecule is CCC1OC(n2cccc2[N+](=O)[O-])C(O)C1O. The summed E-state index contributed by atoms with van der Waals surface area (Å²) in [5.41, 5.74) is 0. The number of rotatable bonds is 3. The van der Waals surface area contributed by atoms with Crippen LogP contribution in [0.5, 0.6) is 0 Å². The van der Waals surface area contributed by atoms with Crippen molar-refractivity contribution >= 4 is 5.82 Å². The van der Waals surface area contributed by atoms with E-state index in [0.717, 1.165) is 0 Å². The molecular formula is C10H14N2O5. The summed E-state index contributed by atoms with van der Waals surface area (Å²) in [7, 11) is 0. The topological polar surface area (TPSA) is 97.8 Å². The molecule has 1 aromatic rings. The van der Waals surface area contributed by atoms with Crippen LogP contribution in [0.1, 0.15) is 19.6 Å². The Kier molecular flexibility index (Phi) is 3.14. The van der Waals surface area contributed by atoms with Gasteiger partial charge in [0.25, 0.3) is 0 Å². The van der Waals surface area contributed by atoms with Gasteiger partial charge in [-0.25, -0.2) is 4.57 Å². The molecule has 0 saturated carbocycles. The highest BCUT2D eigenvalue weighted by Gasteiger charge is 2.46. The van der Waals surface area contributed by atoms with Crippen LogP contribution in [-0.2, 0) is 4.74 Å². The Hall–Kier alpha value is -1.44. The molecule has 4 atom stereocenters. The normalized spacial score (nSPS) is 32.9. The third kappa shape index (κ3) is 1.92. The Labute approximate surface area is 97.4 Å². The Morgan fingerprint density at radius 2 is 2.24 bits per heavy atom. The summed E-state index contributed by atoms with van der Waals surface area (Å²) in [6, 6.07) is 2.82. The fraction of sp³-hybridized carbons (Fsp3) is 0.600. The van der Waals surface area contributed by atoms with Crippen molar-refractivity contribution in [1.29, 1.82) is 0 Å². The first-order valence-electron chi connectivity index (χ1n) is 5.39. The van der Waals surface area contributed by atoms with Gasteiger partial charge < -0.3 is 25.1 Å². The highest BCUT2D eigenvalue weighted by Crippen LogP contribution is 2.33. The van der Waals surface area contributed by atoms with Gasteiger partial charge in [-0.3, -0.25) is 0 Å². The maximum Gasteiger partial charge on any atom is 0.325 e. The molecule has 0 spiro atoms. The minimum Gasteiger partial charge on any atom is -0.387 e. The summed E-state index contributed by atoms with van der Waals surface area (Å²) in [5, 5.41) is 30.3. The summed E-state index contributed by atoms with van der Waals surface area (Å²) in [6.45, 7) is 1.81. The van der Waals surface area contributed by atoms with E-state index >= 15 is 0 Å². The maximum atomic E-state index is 10.8. The number of ether oxygens (including phenoxy) is 1. The van der Waals surface area contributed by atoms with E-state index in [-0.39, 0.29) is 5.82 Å². The van der Waals surface area contributed by atoms with E-state index in [1.807, 2.05) is 6.92 Å². The maximum absolute atomic E-state index is 10.8. The molecule has 1 aliphatic rings. The second-order valence-electron chi connectivity index (χ2n) is 3.99. The third-order valence-corrected chi connectivity index (χ3v) is 2.96. The van der Waals surface area contributed by atoms with Crippen molar-refractivity contribution in [2.24, 2.45) is 0 Å². The minimum absolute atomic E-state index is 0.169. The molecule has 0 bridgehead atoms. The first-order valence-corrected chi connectivity index (χ1v) is 5.39. The second-order valence-corrected chi connectivity index (χ2v) is 3.99. The van der Waals surface area contributed by atoms with E-state index in [1.54, 1.807) is 0 Å². The molecule has 94 valence electrons. The Balaban J connectivity index is 2.29. The van der Waals surface area contributed by atoms with Gasteiger partial charge in [-0.15, -0.1) is 0 Å². The van der Waals surface area contributed by atoms with Gasteiger partial charge in [0.15, 0.2) is 0 Å². The van der Waals surface area contributed by atoms with Crippen LogP contribution in [0.3, 0.4) is 0 Å². The number of aliphatic hydroxyl groups excluding tert-OH is 2. The summed E-state index contributed by atoms with van der Waals surface area (Å²) in [5.74, 6) is -0.169. The van der Waals surface area contributed by atoms with Crippen LogP contribution < -0.4 is 0 Å². The highest BCUT2D eigenvalue weighted by molar-refractivity contribution is 5.22. The van der Waals surface area contributed by atoms with Crippen molar-refractivity contribution < 1.29 is 19.9 Å². The van der Waals surface area contributed by atoms with Gasteiger partial charge >= 0.3 is 5.82 Å². The van der Waals surface area contributed by atoms with Crippen LogP contribution in [0.2, 0.25) is 0 Å². The van der Waals surface area contributed by atoms with E-state index in [2.05, 4.69) is 0 Å². The van der Waals surface area contributed by atoms with Gasteiger partial charge in [0, 0.05) is 6.07 Å². The molecule has 0 aromatic carbocycles. The third-order valence-electron chi connectivity index (χ3n) is 2.96. The Morgan fingerprint density at radius 1 is 1.53 bits per heavy atom. The number of aromatic nitrogens is 1. The zero-order chi connectivity index (χ0) is 12.6. The average Bonchev–Trinajstić information content (AvgIpc) is 2.86. The summed E-state index contributed by atoms with van der Waals surface area (Å²) < 4.78 is 6.65. The van der Waals surface area contributed by atoms with Crippen molar-refractivity contribution in [1.82, 2.24) is 4.57 Å². The molecule has 1 fully saturated rings. The van der Waals surface area contributed by atoms with Gasteiger partial charge in [-0.1, -0.05) is 6.92 Å². The molecular weight excluding hydrogens is 228 g/mol. The molecule has 0 aliphatic carbocycles. The molecule has 2 rings (SSSR count). The molecule has 2 N–H and O–H groups in total. The van der Waals surface area contributed by atoms with Gasteiger partial charge in [-0.05, 0) is 17.4 Å². The Bertz CT molecular complexity index is 419. The molecule has 7 nitrogen and oxygen atoms in total. The quantitative estimate of drug-likeness (QED) is 0.591. The van der Waals surface area contributed by atoms with Crippen LogP contribution in [0.4, 0.5) is 5.82 Å². The van der Waals surface area contributed by atoms with Crippen molar-refractivity contribution in [3.05, 3.63) is 28.4 Å². The lowest BCUT2D eigenvalue weighted by Gasteiger charge is -2.13. The number of hydrogen-bond donors (Lipinski definition) is 2. The lowest BCUT2D eigenvalue weighted by Crippen LogP contribution is -2.31. The van der Waals surface area contributed by atoms with Crippen LogP contribution in [0.25, 0.3) is 0 Å². The first-order chi connectivity index (χ1) is 8.06. The van der Waals surface area contributed by atoms with E-state index < -0.39 is 29.5 Å². The Morgan fingerprint density at radius 3 is 2.76 bits per heavy atom. The van der Waals surface area contributed by atoms with E-state index in [1.165, 1.54) is 22.9 Å². The highest BCUT2D eigenvalue weighted by atomic mass is 16.6. The molecule has 17 heavy (non-hydrogen) atoms. The van der Waals surface area contributed by atoms with Crippen molar-refractivity contribution in [2.45, 2.75) is 37.9 Å². The van der Waals surface area contributed by atoms with Crippen molar-refractivity contribution in [2.75, 3.05) is 0 Å². The lowest BCUT2D eigenvalue weighted by molar-refractivity contribution is -0.394. The zero-order valence-electron chi connectivity index (χ0n) is 9.26. The molecule has 1 saturated heterocycles. The smallest absolute Gasteiger partial charge is 0.325 e.